The maximum Gasteiger partial charge on any atom is 0.427 e. The molecule has 1 spiro atoms. The predicted octanol–water partition coefficient (Wildman–Crippen LogP) is 2.17. The Hall–Kier alpha value is -1.55. The van der Waals surface area contributed by atoms with Gasteiger partial charge in [-0.1, -0.05) is 13.8 Å². The number of aliphatic hydroxyl groups excluding tert-OH is 1. The first-order chi connectivity index (χ1) is 13.0. The van der Waals surface area contributed by atoms with Gasteiger partial charge in [0.15, 0.2) is 0 Å². The van der Waals surface area contributed by atoms with Crippen LogP contribution >= 0.6 is 0 Å². The molecule has 2 rings (SSSR count). The van der Waals surface area contributed by atoms with Crippen LogP contribution in [0.1, 0.15) is 39.5 Å². The SMILES string of the molecule is CC(C)CC(=O)N(C)[C@H]1COC2(CCN(C(=O)O[C@H](CO)C(F)(F)F)CC2)C1. The number of aliphatic hydroxyl groups is 1. The molecule has 2 amide bonds. The minimum atomic E-state index is -4.81. The molecule has 10 heteroatoms. The number of nitrogens with zero attached hydrogens (tertiary/aromatic N) is 2. The molecule has 2 saturated heterocycles. The number of hydrogen-bond donors (Lipinski definition) is 1. The fourth-order valence-electron chi connectivity index (χ4n) is 3.61. The minimum absolute atomic E-state index is 0.0475. The highest BCUT2D eigenvalue weighted by atomic mass is 19.4. The zero-order valence-corrected chi connectivity index (χ0v) is 16.5. The van der Waals surface area contributed by atoms with E-state index in [2.05, 4.69) is 4.74 Å². The number of hydrogen-bond acceptors (Lipinski definition) is 5. The molecule has 0 aromatic carbocycles. The van der Waals surface area contributed by atoms with E-state index in [1.54, 1.807) is 11.9 Å². The normalized spacial score (nSPS) is 23.1. The molecule has 2 aliphatic rings. The quantitative estimate of drug-likeness (QED) is 0.752. The highest BCUT2D eigenvalue weighted by molar-refractivity contribution is 5.76. The topological polar surface area (TPSA) is 79.3 Å². The van der Waals surface area contributed by atoms with Crippen molar-refractivity contribution in [1.82, 2.24) is 9.80 Å². The summed E-state index contributed by atoms with van der Waals surface area (Å²) in [5.41, 5.74) is -0.478. The highest BCUT2D eigenvalue weighted by Crippen LogP contribution is 2.38. The second-order valence-corrected chi connectivity index (χ2v) is 8.04. The molecule has 2 aliphatic heterocycles. The van der Waals surface area contributed by atoms with Crippen LogP contribution in [0.4, 0.5) is 18.0 Å². The summed E-state index contributed by atoms with van der Waals surface area (Å²) in [5.74, 6) is 0.323. The lowest BCUT2D eigenvalue weighted by Gasteiger charge is -2.38. The Bertz CT molecular complexity index is 562. The third kappa shape index (κ3) is 5.50. The summed E-state index contributed by atoms with van der Waals surface area (Å²) in [7, 11) is 1.76. The summed E-state index contributed by atoms with van der Waals surface area (Å²) in [6.45, 7) is 3.46. The lowest BCUT2D eigenvalue weighted by atomic mass is 9.87. The first-order valence-corrected chi connectivity index (χ1v) is 9.50. The van der Waals surface area contributed by atoms with Gasteiger partial charge in [0, 0.05) is 26.6 Å². The van der Waals surface area contributed by atoms with E-state index in [0.29, 0.717) is 32.3 Å². The molecular formula is C18H29F3N2O5. The van der Waals surface area contributed by atoms with Crippen LogP contribution in [-0.2, 0) is 14.3 Å². The Morgan fingerprint density at radius 2 is 1.93 bits per heavy atom. The van der Waals surface area contributed by atoms with E-state index in [0.717, 1.165) is 0 Å². The van der Waals surface area contributed by atoms with E-state index in [-0.39, 0.29) is 31.0 Å². The number of rotatable bonds is 5. The summed E-state index contributed by atoms with van der Waals surface area (Å²) in [6.07, 6.45) is -6.41. The van der Waals surface area contributed by atoms with Gasteiger partial charge in [-0.25, -0.2) is 4.79 Å². The standard InChI is InChI=1S/C18H29F3N2O5/c1-12(2)8-15(25)22(3)13-9-17(27-11-13)4-6-23(7-5-17)16(26)28-14(10-24)18(19,20)21/h12-14,24H,4-11H2,1-3H3/t13-,14-/m1/s1. The summed E-state index contributed by atoms with van der Waals surface area (Å²) < 4.78 is 48.3. The Balaban J connectivity index is 1.86. The molecule has 0 unspecified atom stereocenters. The number of ether oxygens (including phenoxy) is 2. The Labute approximate surface area is 162 Å². The van der Waals surface area contributed by atoms with Gasteiger partial charge >= 0.3 is 12.3 Å². The van der Waals surface area contributed by atoms with Crippen molar-refractivity contribution < 1.29 is 37.3 Å². The van der Waals surface area contributed by atoms with Crippen LogP contribution in [0.15, 0.2) is 0 Å². The zero-order chi connectivity index (χ0) is 21.1. The van der Waals surface area contributed by atoms with Crippen LogP contribution < -0.4 is 0 Å². The Morgan fingerprint density at radius 1 is 1.32 bits per heavy atom. The first kappa shape index (κ1) is 22.7. The number of alkyl halides is 3. The second kappa shape index (κ2) is 8.86. The third-order valence-electron chi connectivity index (χ3n) is 5.42. The number of amides is 2. The van der Waals surface area contributed by atoms with E-state index in [1.165, 1.54) is 4.90 Å². The summed E-state index contributed by atoms with van der Waals surface area (Å²) in [5, 5.41) is 8.79. The van der Waals surface area contributed by atoms with Gasteiger partial charge in [-0.05, 0) is 25.2 Å². The fraction of sp³-hybridized carbons (Fsp3) is 0.889. The average Bonchev–Trinajstić information content (AvgIpc) is 3.01. The van der Waals surface area contributed by atoms with Crippen LogP contribution in [0.25, 0.3) is 0 Å². The average molecular weight is 410 g/mol. The van der Waals surface area contributed by atoms with Gasteiger partial charge in [0.2, 0.25) is 12.0 Å². The molecule has 28 heavy (non-hydrogen) atoms. The summed E-state index contributed by atoms with van der Waals surface area (Å²) in [4.78, 5) is 27.1. The van der Waals surface area contributed by atoms with Crippen LogP contribution in [0.3, 0.4) is 0 Å². The monoisotopic (exact) mass is 410 g/mol. The molecular weight excluding hydrogens is 381 g/mol. The van der Waals surface area contributed by atoms with Gasteiger partial charge in [-0.15, -0.1) is 0 Å². The third-order valence-corrected chi connectivity index (χ3v) is 5.42. The lowest BCUT2D eigenvalue weighted by Crippen LogP contribution is -2.49. The van der Waals surface area contributed by atoms with Gasteiger partial charge in [-0.3, -0.25) is 4.79 Å². The Kier molecular flexibility index (Phi) is 7.19. The van der Waals surface area contributed by atoms with Crippen LogP contribution in [0.5, 0.6) is 0 Å². The van der Waals surface area contributed by atoms with Crippen molar-refractivity contribution in [2.24, 2.45) is 5.92 Å². The van der Waals surface area contributed by atoms with Crippen LogP contribution in [0, 0.1) is 5.92 Å². The molecule has 0 aromatic heterocycles. The smallest absolute Gasteiger partial charge is 0.427 e. The molecule has 2 heterocycles. The van der Waals surface area contributed by atoms with Crippen molar-refractivity contribution in [3.63, 3.8) is 0 Å². The van der Waals surface area contributed by atoms with Crippen molar-refractivity contribution in [2.45, 2.75) is 63.5 Å². The molecule has 0 radical (unpaired) electrons. The largest absolute Gasteiger partial charge is 0.434 e. The van der Waals surface area contributed by atoms with Crippen LogP contribution in [-0.4, -0.2) is 84.2 Å². The van der Waals surface area contributed by atoms with Gasteiger partial charge in [-0.2, -0.15) is 13.2 Å². The number of halogens is 3. The summed E-state index contributed by atoms with van der Waals surface area (Å²) >= 11 is 0. The van der Waals surface area contributed by atoms with Crippen molar-refractivity contribution in [1.29, 1.82) is 0 Å². The lowest BCUT2D eigenvalue weighted by molar-refractivity contribution is -0.215. The highest BCUT2D eigenvalue weighted by Gasteiger charge is 2.47. The molecule has 0 saturated carbocycles. The van der Waals surface area contributed by atoms with Crippen molar-refractivity contribution in [3.05, 3.63) is 0 Å². The minimum Gasteiger partial charge on any atom is -0.434 e. The van der Waals surface area contributed by atoms with E-state index in [9.17, 15) is 22.8 Å². The van der Waals surface area contributed by atoms with E-state index in [4.69, 9.17) is 9.84 Å². The van der Waals surface area contributed by atoms with Gasteiger partial charge < -0.3 is 24.4 Å². The van der Waals surface area contributed by atoms with Crippen molar-refractivity contribution in [3.8, 4) is 0 Å². The van der Waals surface area contributed by atoms with Gasteiger partial charge in [0.05, 0.1) is 24.9 Å². The number of likely N-dealkylation sites (N-methyl/N-ethyl adjacent to an activating group) is 1. The molecule has 162 valence electrons. The molecule has 0 aromatic rings. The number of likely N-dealkylation sites (tertiary alicyclic amines) is 1. The number of carbonyl (C=O) groups excluding carboxylic acids is 2. The second-order valence-electron chi connectivity index (χ2n) is 8.04. The molecule has 1 N–H and O–H groups in total. The molecule has 2 fully saturated rings. The summed E-state index contributed by atoms with van der Waals surface area (Å²) in [6, 6.07) is -0.0475. The number of piperidine rings is 1. The van der Waals surface area contributed by atoms with E-state index >= 15 is 0 Å². The maximum atomic E-state index is 12.6. The van der Waals surface area contributed by atoms with Gasteiger partial charge in [0.25, 0.3) is 0 Å². The zero-order valence-electron chi connectivity index (χ0n) is 16.5. The first-order valence-electron chi connectivity index (χ1n) is 9.50. The van der Waals surface area contributed by atoms with Crippen molar-refractivity contribution in [2.75, 3.05) is 33.4 Å². The molecule has 2 atom stereocenters. The number of carbonyl (C=O) groups is 2. The van der Waals surface area contributed by atoms with Crippen LogP contribution in [0.2, 0.25) is 0 Å². The van der Waals surface area contributed by atoms with E-state index < -0.39 is 30.6 Å². The predicted molar refractivity (Wildman–Crippen MR) is 93.5 cm³/mol. The molecule has 0 aliphatic carbocycles. The molecule has 7 nitrogen and oxygen atoms in total. The maximum absolute atomic E-state index is 12.6. The molecule has 0 bridgehead atoms. The Morgan fingerprint density at radius 3 is 2.43 bits per heavy atom. The van der Waals surface area contributed by atoms with Crippen molar-refractivity contribution >= 4 is 12.0 Å². The van der Waals surface area contributed by atoms with E-state index in [1.807, 2.05) is 13.8 Å². The van der Waals surface area contributed by atoms with Gasteiger partial charge in [0.1, 0.15) is 0 Å². The fourth-order valence-corrected chi connectivity index (χ4v) is 3.61.